The zero-order chi connectivity index (χ0) is 31.2. The van der Waals surface area contributed by atoms with Crippen LogP contribution in [0.3, 0.4) is 0 Å². The Bertz CT molecular complexity index is 1360. The van der Waals surface area contributed by atoms with Crippen LogP contribution in [0.2, 0.25) is 5.02 Å². The summed E-state index contributed by atoms with van der Waals surface area (Å²) >= 11 is 6.35. The summed E-state index contributed by atoms with van der Waals surface area (Å²) in [5, 5.41) is -0.239. The number of aryl methyl sites for hydroxylation is 1. The van der Waals surface area contributed by atoms with Gasteiger partial charge in [0.05, 0.1) is 17.2 Å². The lowest BCUT2D eigenvalue weighted by Crippen LogP contribution is -2.31. The van der Waals surface area contributed by atoms with Gasteiger partial charge >= 0.3 is 6.18 Å². The van der Waals surface area contributed by atoms with Gasteiger partial charge in [0.1, 0.15) is 5.75 Å². The molecule has 3 nitrogen and oxygen atoms in total. The third kappa shape index (κ3) is 10.4. The van der Waals surface area contributed by atoms with Gasteiger partial charge in [-0.25, -0.2) is 0 Å². The first kappa shape index (κ1) is 33.6. The molecule has 0 spiro atoms. The quantitative estimate of drug-likeness (QED) is 0.119. The molecule has 0 heterocycles. The minimum absolute atomic E-state index is 0.0319. The molecule has 0 fully saturated rings. The molecule has 44 heavy (non-hydrogen) atoms. The van der Waals surface area contributed by atoms with Crippen molar-refractivity contribution in [2.45, 2.75) is 57.2 Å². The van der Waals surface area contributed by atoms with Gasteiger partial charge in [-0.1, -0.05) is 109 Å². The van der Waals surface area contributed by atoms with Crippen molar-refractivity contribution in [3.05, 3.63) is 136 Å². The van der Waals surface area contributed by atoms with E-state index in [1.807, 2.05) is 48.5 Å². The highest BCUT2D eigenvalue weighted by Crippen LogP contribution is 2.37. The number of hydrogen-bond acceptors (Lipinski definition) is 3. The van der Waals surface area contributed by atoms with Crippen LogP contribution in [0.5, 0.6) is 5.75 Å². The van der Waals surface area contributed by atoms with E-state index in [0.717, 1.165) is 55.2 Å². The largest absolute Gasteiger partial charge is 0.494 e. The number of nitrogens with zero attached hydrogens (tertiary/aromatic N) is 1. The lowest BCUT2D eigenvalue weighted by atomic mass is 9.90. The van der Waals surface area contributed by atoms with Gasteiger partial charge in [-0.15, -0.1) is 0 Å². The van der Waals surface area contributed by atoms with E-state index in [1.165, 1.54) is 18.1 Å². The number of halogens is 4. The average Bonchev–Trinajstić information content (AvgIpc) is 3.03. The van der Waals surface area contributed by atoms with E-state index >= 15 is 0 Å². The number of unbranched alkanes of at least 4 members (excludes halogenated alkanes) is 3. The van der Waals surface area contributed by atoms with Crippen molar-refractivity contribution < 1.29 is 17.9 Å². The van der Waals surface area contributed by atoms with Crippen LogP contribution in [0.15, 0.2) is 103 Å². The fourth-order valence-corrected chi connectivity index (χ4v) is 5.82. The van der Waals surface area contributed by atoms with Crippen molar-refractivity contribution in [1.29, 1.82) is 0 Å². The summed E-state index contributed by atoms with van der Waals surface area (Å²) in [6, 6.07) is 32.8. The highest BCUT2D eigenvalue weighted by molar-refractivity contribution is 6.32. The molecule has 0 unspecified atom stereocenters. The molecule has 0 saturated carbocycles. The second kappa shape index (κ2) is 17.2. The van der Waals surface area contributed by atoms with E-state index in [-0.39, 0.29) is 10.9 Å². The summed E-state index contributed by atoms with van der Waals surface area (Å²) in [6.07, 6.45) is 1.72. The van der Waals surface area contributed by atoms with Crippen molar-refractivity contribution in [1.82, 2.24) is 4.90 Å². The standard InChI is InChI=1S/C37H42ClF3N2O/c38-36-32(20-12-22-35(36)37(39,40)41)27-43(28-34(30-16-6-3-7-17-30)31-18-8-4-9-19-31)24-13-25-44-33-21-11-15-29(26-33)14-5-1-2-10-23-42/h3-4,6-9,11-12,15-22,26,34H,1-2,5,10,13-14,23-25,27-28,42H2. The van der Waals surface area contributed by atoms with Crippen molar-refractivity contribution in [2.24, 2.45) is 5.73 Å². The topological polar surface area (TPSA) is 38.5 Å². The Labute approximate surface area is 264 Å². The SMILES string of the molecule is NCCCCCCc1cccc(OCCCN(Cc2cccc(C(F)(F)F)c2Cl)CC(c2ccccc2)c2ccccc2)c1. The van der Waals surface area contributed by atoms with Gasteiger partial charge in [0.25, 0.3) is 0 Å². The Morgan fingerprint density at radius 2 is 1.41 bits per heavy atom. The molecule has 0 bridgehead atoms. The van der Waals surface area contributed by atoms with Crippen molar-refractivity contribution in [3.63, 3.8) is 0 Å². The second-order valence-electron chi connectivity index (χ2n) is 11.2. The molecule has 7 heteroatoms. The first-order chi connectivity index (χ1) is 21.3. The van der Waals surface area contributed by atoms with Gasteiger partial charge in [0.15, 0.2) is 0 Å². The van der Waals surface area contributed by atoms with Gasteiger partial charge in [0.2, 0.25) is 0 Å². The number of benzene rings is 4. The van der Waals surface area contributed by atoms with Gasteiger partial charge in [-0.2, -0.15) is 13.2 Å². The molecule has 4 aromatic rings. The maximum absolute atomic E-state index is 13.7. The van der Waals surface area contributed by atoms with Gasteiger partial charge in [-0.3, -0.25) is 4.90 Å². The molecule has 4 aromatic carbocycles. The smallest absolute Gasteiger partial charge is 0.417 e. The summed E-state index contributed by atoms with van der Waals surface area (Å²) in [7, 11) is 0. The highest BCUT2D eigenvalue weighted by Gasteiger charge is 2.34. The summed E-state index contributed by atoms with van der Waals surface area (Å²) in [5.74, 6) is 0.868. The van der Waals surface area contributed by atoms with Crippen molar-refractivity contribution in [3.8, 4) is 5.75 Å². The molecule has 2 N–H and O–H groups in total. The van der Waals surface area contributed by atoms with Crippen LogP contribution in [0.25, 0.3) is 0 Å². The predicted molar refractivity (Wildman–Crippen MR) is 174 cm³/mol. The minimum Gasteiger partial charge on any atom is -0.494 e. The normalized spacial score (nSPS) is 11.8. The molecular weight excluding hydrogens is 581 g/mol. The van der Waals surface area contributed by atoms with E-state index < -0.39 is 11.7 Å². The number of rotatable bonds is 17. The van der Waals surface area contributed by atoms with Crippen LogP contribution >= 0.6 is 11.6 Å². The summed E-state index contributed by atoms with van der Waals surface area (Å²) in [6.45, 7) is 2.77. The lowest BCUT2D eigenvalue weighted by molar-refractivity contribution is -0.137. The molecular formula is C37H42ClF3N2O. The number of hydrogen-bond donors (Lipinski definition) is 1. The Hall–Kier alpha value is -3.32. The molecule has 0 aliphatic carbocycles. The van der Waals surface area contributed by atoms with E-state index in [4.69, 9.17) is 22.1 Å². The number of alkyl halides is 3. The van der Waals surface area contributed by atoms with Gasteiger partial charge in [-0.05, 0) is 72.7 Å². The van der Waals surface area contributed by atoms with Gasteiger partial charge in [0, 0.05) is 25.6 Å². The molecule has 234 valence electrons. The maximum atomic E-state index is 13.7. The third-order valence-corrected chi connectivity index (χ3v) is 8.27. The molecule has 0 atom stereocenters. The first-order valence-corrected chi connectivity index (χ1v) is 15.8. The third-order valence-electron chi connectivity index (χ3n) is 7.83. The Morgan fingerprint density at radius 1 is 0.750 bits per heavy atom. The van der Waals surface area contributed by atoms with Crippen LogP contribution in [0.4, 0.5) is 13.2 Å². The molecule has 0 aliphatic rings. The molecule has 0 aliphatic heterocycles. The Balaban J connectivity index is 1.47. The minimum atomic E-state index is -4.51. The van der Waals surface area contributed by atoms with Crippen LogP contribution in [-0.4, -0.2) is 31.1 Å². The Kier molecular flexibility index (Phi) is 13.2. The van der Waals surface area contributed by atoms with Crippen molar-refractivity contribution >= 4 is 11.6 Å². The van der Waals surface area contributed by atoms with Crippen LogP contribution in [0.1, 0.15) is 65.8 Å². The van der Waals surface area contributed by atoms with E-state index in [2.05, 4.69) is 41.3 Å². The van der Waals surface area contributed by atoms with E-state index in [0.29, 0.717) is 38.2 Å². The molecule has 0 radical (unpaired) electrons. The zero-order valence-electron chi connectivity index (χ0n) is 25.1. The van der Waals surface area contributed by atoms with Crippen LogP contribution < -0.4 is 10.5 Å². The fraction of sp³-hybridized carbons (Fsp3) is 0.351. The second-order valence-corrected chi connectivity index (χ2v) is 11.6. The molecule has 0 aromatic heterocycles. The molecule has 0 saturated heterocycles. The monoisotopic (exact) mass is 622 g/mol. The fourth-order valence-electron chi connectivity index (χ4n) is 5.52. The van der Waals surface area contributed by atoms with Crippen LogP contribution in [-0.2, 0) is 19.1 Å². The lowest BCUT2D eigenvalue weighted by Gasteiger charge is -2.29. The first-order valence-electron chi connectivity index (χ1n) is 15.4. The van der Waals surface area contributed by atoms with Crippen LogP contribution in [0, 0.1) is 0 Å². The summed E-state index contributed by atoms with van der Waals surface area (Å²) < 4.78 is 47.1. The van der Waals surface area contributed by atoms with Crippen molar-refractivity contribution in [2.75, 3.05) is 26.2 Å². The maximum Gasteiger partial charge on any atom is 0.417 e. The molecule has 0 amide bonds. The summed E-state index contributed by atoms with van der Waals surface area (Å²) in [4.78, 5) is 2.19. The van der Waals surface area contributed by atoms with E-state index in [9.17, 15) is 13.2 Å². The number of nitrogens with two attached hydrogens (primary N) is 1. The number of ether oxygens (including phenoxy) is 1. The van der Waals surface area contributed by atoms with E-state index in [1.54, 1.807) is 6.07 Å². The molecule has 4 rings (SSSR count). The zero-order valence-corrected chi connectivity index (χ0v) is 25.9. The predicted octanol–water partition coefficient (Wildman–Crippen LogP) is 9.52. The Morgan fingerprint density at radius 3 is 2.07 bits per heavy atom. The van der Waals surface area contributed by atoms with Gasteiger partial charge < -0.3 is 10.5 Å². The highest BCUT2D eigenvalue weighted by atomic mass is 35.5. The average molecular weight is 623 g/mol. The summed E-state index contributed by atoms with van der Waals surface area (Å²) in [5.41, 5.74) is 8.80.